The van der Waals surface area contributed by atoms with Gasteiger partial charge in [-0.25, -0.2) is 12.8 Å². The van der Waals surface area contributed by atoms with Gasteiger partial charge in [-0.1, -0.05) is 17.7 Å². The number of halogens is 1. The Balaban J connectivity index is 1.57. The normalized spacial score (nSPS) is 19.1. The Morgan fingerprint density at radius 2 is 1.60 bits per heavy atom. The van der Waals surface area contributed by atoms with E-state index in [9.17, 15) is 17.6 Å². The Bertz CT molecular complexity index is 1130. The van der Waals surface area contributed by atoms with Crippen LogP contribution in [-0.2, 0) is 14.8 Å². The lowest BCUT2D eigenvalue weighted by Gasteiger charge is -2.36. The summed E-state index contributed by atoms with van der Waals surface area (Å²) >= 11 is 0. The van der Waals surface area contributed by atoms with Gasteiger partial charge in [0.25, 0.3) is 5.91 Å². The summed E-state index contributed by atoms with van der Waals surface area (Å²) in [5.41, 5.74) is 2.49. The zero-order valence-electron chi connectivity index (χ0n) is 17.2. The van der Waals surface area contributed by atoms with E-state index in [0.29, 0.717) is 23.3 Å². The minimum atomic E-state index is -3.64. The molecule has 2 aromatic rings. The van der Waals surface area contributed by atoms with Crippen LogP contribution in [0.15, 0.2) is 46.3 Å². The minimum Gasteiger partial charge on any atom is -0.326 e. The second-order valence-electron chi connectivity index (χ2n) is 8.08. The molecule has 2 heterocycles. The van der Waals surface area contributed by atoms with E-state index < -0.39 is 15.7 Å². The molecule has 1 saturated heterocycles. The number of sulfonamides is 1. The number of carbonyl (C=O) groups is 1. The summed E-state index contributed by atoms with van der Waals surface area (Å²) in [6.07, 6.45) is 0.763. The van der Waals surface area contributed by atoms with E-state index in [1.54, 1.807) is 0 Å². The van der Waals surface area contributed by atoms with E-state index in [1.165, 1.54) is 28.6 Å². The van der Waals surface area contributed by atoms with Gasteiger partial charge in [0.15, 0.2) is 0 Å². The van der Waals surface area contributed by atoms with E-state index >= 15 is 0 Å². The number of aliphatic imine (C=N–C) groups is 1. The fourth-order valence-corrected chi connectivity index (χ4v) is 6.26. The molecule has 1 fully saturated rings. The number of hydrogen-bond donors (Lipinski definition) is 1. The molecular weight excluding hydrogens is 405 g/mol. The number of benzene rings is 2. The molecule has 0 atom stereocenters. The molecule has 0 aromatic heterocycles. The fourth-order valence-electron chi connectivity index (χ4n) is 4.40. The summed E-state index contributed by atoms with van der Waals surface area (Å²) in [6, 6.07) is 9.38. The van der Waals surface area contributed by atoms with Crippen LogP contribution in [0.3, 0.4) is 0 Å². The van der Waals surface area contributed by atoms with E-state index in [1.807, 2.05) is 32.9 Å². The molecule has 30 heavy (non-hydrogen) atoms. The summed E-state index contributed by atoms with van der Waals surface area (Å²) < 4.78 is 41.2. The molecule has 1 amide bonds. The highest BCUT2D eigenvalue weighted by molar-refractivity contribution is 7.89. The molecule has 6 nitrogen and oxygen atoms in total. The quantitative estimate of drug-likeness (QED) is 0.815. The predicted octanol–water partition coefficient (Wildman–Crippen LogP) is 2.85. The van der Waals surface area contributed by atoms with Crippen LogP contribution in [-0.4, -0.2) is 43.1 Å². The molecule has 2 aliphatic heterocycles. The van der Waals surface area contributed by atoms with Crippen molar-refractivity contribution < 1.29 is 17.6 Å². The monoisotopic (exact) mass is 429 g/mol. The van der Waals surface area contributed by atoms with Crippen molar-refractivity contribution in [3.05, 3.63) is 64.5 Å². The summed E-state index contributed by atoms with van der Waals surface area (Å²) in [7, 11) is -3.64. The van der Waals surface area contributed by atoms with Crippen LogP contribution in [0.2, 0.25) is 0 Å². The van der Waals surface area contributed by atoms with Crippen LogP contribution in [0.1, 0.15) is 35.1 Å². The standard InChI is InChI=1S/C22H24FN3O3S/c1-14-12-15(2)20(16(3)13-14)30(28,29)26-10-8-22(9-11-26)24-19(21(27)25-22)17-4-6-18(23)7-5-17/h4-7,12-13H,8-11H2,1-3H3,(H,25,27). The highest BCUT2D eigenvalue weighted by Crippen LogP contribution is 2.33. The third-order valence-electron chi connectivity index (χ3n) is 5.76. The molecule has 1 N–H and O–H groups in total. The van der Waals surface area contributed by atoms with Gasteiger partial charge in [-0.2, -0.15) is 4.31 Å². The number of rotatable bonds is 3. The summed E-state index contributed by atoms with van der Waals surface area (Å²) in [5, 5.41) is 2.92. The first-order valence-corrected chi connectivity index (χ1v) is 11.3. The molecular formula is C22H24FN3O3S. The van der Waals surface area contributed by atoms with Gasteiger partial charge in [0, 0.05) is 31.5 Å². The number of carbonyl (C=O) groups excluding carboxylic acids is 1. The minimum absolute atomic E-state index is 0.259. The molecule has 2 aliphatic rings. The van der Waals surface area contributed by atoms with Crippen molar-refractivity contribution in [2.24, 2.45) is 4.99 Å². The fraction of sp³-hybridized carbons (Fsp3) is 0.364. The number of nitrogens with one attached hydrogen (secondary N) is 1. The number of piperidine rings is 1. The molecule has 0 aliphatic carbocycles. The lowest BCUT2D eigenvalue weighted by Crippen LogP contribution is -2.52. The van der Waals surface area contributed by atoms with Gasteiger partial charge >= 0.3 is 0 Å². The zero-order valence-corrected chi connectivity index (χ0v) is 18.0. The maximum Gasteiger partial charge on any atom is 0.272 e. The van der Waals surface area contributed by atoms with E-state index in [4.69, 9.17) is 0 Å². The van der Waals surface area contributed by atoms with Crippen LogP contribution in [0.4, 0.5) is 4.39 Å². The average Bonchev–Trinajstić information content (AvgIpc) is 2.97. The second-order valence-corrected chi connectivity index (χ2v) is 9.96. The molecule has 158 valence electrons. The largest absolute Gasteiger partial charge is 0.326 e. The Morgan fingerprint density at radius 1 is 1.03 bits per heavy atom. The van der Waals surface area contributed by atoms with Gasteiger partial charge in [-0.3, -0.25) is 9.79 Å². The maximum absolute atomic E-state index is 13.3. The number of hydrogen-bond acceptors (Lipinski definition) is 4. The lowest BCUT2D eigenvalue weighted by atomic mass is 10.00. The van der Waals surface area contributed by atoms with Crippen LogP contribution in [0.25, 0.3) is 0 Å². The van der Waals surface area contributed by atoms with Crippen molar-refractivity contribution in [3.63, 3.8) is 0 Å². The van der Waals surface area contributed by atoms with Gasteiger partial charge in [-0.05, 0) is 56.2 Å². The van der Waals surface area contributed by atoms with Crippen LogP contribution in [0, 0.1) is 26.6 Å². The molecule has 0 radical (unpaired) electrons. The summed E-state index contributed by atoms with van der Waals surface area (Å²) in [6.45, 7) is 6.09. The Hall–Kier alpha value is -2.58. The van der Waals surface area contributed by atoms with Crippen molar-refractivity contribution in [1.82, 2.24) is 9.62 Å². The van der Waals surface area contributed by atoms with E-state index in [2.05, 4.69) is 10.3 Å². The highest BCUT2D eigenvalue weighted by atomic mass is 32.2. The van der Waals surface area contributed by atoms with Gasteiger partial charge in [0.1, 0.15) is 17.2 Å². The molecule has 0 bridgehead atoms. The lowest BCUT2D eigenvalue weighted by molar-refractivity contribution is -0.115. The number of amides is 1. The number of nitrogens with zero attached hydrogens (tertiary/aromatic N) is 2. The van der Waals surface area contributed by atoms with Crippen molar-refractivity contribution in [1.29, 1.82) is 0 Å². The van der Waals surface area contributed by atoms with Crippen molar-refractivity contribution in [2.75, 3.05) is 13.1 Å². The first-order valence-electron chi connectivity index (χ1n) is 9.88. The van der Waals surface area contributed by atoms with Gasteiger partial charge in [-0.15, -0.1) is 0 Å². The summed E-state index contributed by atoms with van der Waals surface area (Å²) in [4.78, 5) is 17.5. The predicted molar refractivity (Wildman–Crippen MR) is 112 cm³/mol. The highest BCUT2D eigenvalue weighted by Gasteiger charge is 2.44. The zero-order chi connectivity index (χ0) is 21.7. The molecule has 1 spiro atoms. The summed E-state index contributed by atoms with van der Waals surface area (Å²) in [5.74, 6) is -0.698. The van der Waals surface area contributed by atoms with Crippen molar-refractivity contribution in [2.45, 2.75) is 44.2 Å². The van der Waals surface area contributed by atoms with Crippen LogP contribution < -0.4 is 5.32 Å². The van der Waals surface area contributed by atoms with E-state index in [0.717, 1.165) is 16.7 Å². The smallest absolute Gasteiger partial charge is 0.272 e. The number of aryl methyl sites for hydroxylation is 3. The van der Waals surface area contributed by atoms with Gasteiger partial charge in [0.2, 0.25) is 10.0 Å². The Labute approximate surface area is 175 Å². The Kier molecular flexibility index (Phi) is 5.02. The van der Waals surface area contributed by atoms with Crippen LogP contribution >= 0.6 is 0 Å². The maximum atomic E-state index is 13.3. The molecule has 4 rings (SSSR count). The van der Waals surface area contributed by atoms with Crippen LogP contribution in [0.5, 0.6) is 0 Å². The third-order valence-corrected chi connectivity index (χ3v) is 7.96. The van der Waals surface area contributed by atoms with Gasteiger partial charge in [0.05, 0.1) is 4.90 Å². The topological polar surface area (TPSA) is 78.8 Å². The van der Waals surface area contributed by atoms with Crippen molar-refractivity contribution in [3.8, 4) is 0 Å². The molecule has 0 unspecified atom stereocenters. The Morgan fingerprint density at radius 3 is 2.17 bits per heavy atom. The first kappa shape index (κ1) is 20.7. The molecule has 2 aromatic carbocycles. The molecule has 0 saturated carbocycles. The first-order chi connectivity index (χ1) is 14.1. The van der Waals surface area contributed by atoms with Gasteiger partial charge < -0.3 is 5.32 Å². The SMILES string of the molecule is Cc1cc(C)c(S(=O)(=O)N2CCC3(CC2)N=C(c2ccc(F)cc2)C(=O)N3)c(C)c1. The van der Waals surface area contributed by atoms with Crippen molar-refractivity contribution >= 4 is 21.6 Å². The second kappa shape index (κ2) is 7.28. The third kappa shape index (κ3) is 3.54. The molecule has 8 heteroatoms. The van der Waals surface area contributed by atoms with E-state index in [-0.39, 0.29) is 30.5 Å². The average molecular weight is 430 g/mol.